The molecular weight excluding hydrogens is 151 g/mol. The van der Waals surface area contributed by atoms with Crippen molar-refractivity contribution < 1.29 is 19.0 Å². The molecule has 64 valence electrons. The molecule has 0 spiro atoms. The minimum Gasteiger partial charge on any atom is -0.466 e. The molecule has 11 heavy (non-hydrogen) atoms. The molecule has 0 aliphatic heterocycles. The van der Waals surface area contributed by atoms with Crippen LogP contribution >= 0.6 is 0 Å². The molecule has 0 unspecified atom stereocenters. The van der Waals surface area contributed by atoms with Crippen LogP contribution in [0.2, 0.25) is 0 Å². The number of hydrogen-bond donors (Lipinski definition) is 1. The summed E-state index contributed by atoms with van der Waals surface area (Å²) in [6.45, 7) is 1.66. The van der Waals surface area contributed by atoms with Gasteiger partial charge in [0.25, 0.3) is 0 Å². The van der Waals surface area contributed by atoms with E-state index in [1.165, 1.54) is 0 Å². The van der Waals surface area contributed by atoms with E-state index < -0.39 is 24.0 Å². The SMILES string of the molecule is CCOC(=O)[C@H]1[C@H](F)[C@@H]1CO. The lowest BCUT2D eigenvalue weighted by molar-refractivity contribution is -0.145. The topological polar surface area (TPSA) is 46.5 Å². The average Bonchev–Trinajstić information content (AvgIpc) is 2.61. The Labute approximate surface area is 64.2 Å². The van der Waals surface area contributed by atoms with Gasteiger partial charge in [-0.05, 0) is 6.92 Å². The van der Waals surface area contributed by atoms with E-state index in [0.717, 1.165) is 0 Å². The van der Waals surface area contributed by atoms with Crippen LogP contribution in [0.25, 0.3) is 0 Å². The zero-order chi connectivity index (χ0) is 8.43. The number of alkyl halides is 1. The third kappa shape index (κ3) is 1.50. The first kappa shape index (κ1) is 8.46. The first-order valence-electron chi connectivity index (χ1n) is 3.64. The van der Waals surface area contributed by atoms with Crippen LogP contribution in [-0.2, 0) is 9.53 Å². The molecule has 3 atom stereocenters. The van der Waals surface area contributed by atoms with Crippen molar-refractivity contribution in [1.82, 2.24) is 0 Å². The van der Waals surface area contributed by atoms with Gasteiger partial charge in [0.15, 0.2) is 0 Å². The molecule has 0 aromatic heterocycles. The monoisotopic (exact) mass is 162 g/mol. The van der Waals surface area contributed by atoms with Gasteiger partial charge in [-0.15, -0.1) is 0 Å². The summed E-state index contributed by atoms with van der Waals surface area (Å²) in [7, 11) is 0. The largest absolute Gasteiger partial charge is 0.466 e. The summed E-state index contributed by atoms with van der Waals surface area (Å²) in [5.41, 5.74) is 0. The summed E-state index contributed by atoms with van der Waals surface area (Å²) in [4.78, 5) is 10.8. The van der Waals surface area contributed by atoms with E-state index in [0.29, 0.717) is 0 Å². The van der Waals surface area contributed by atoms with Gasteiger partial charge in [0.05, 0.1) is 12.5 Å². The van der Waals surface area contributed by atoms with Crippen molar-refractivity contribution in [3.8, 4) is 0 Å². The molecule has 1 fully saturated rings. The van der Waals surface area contributed by atoms with Crippen LogP contribution in [0.15, 0.2) is 0 Å². The molecule has 1 N–H and O–H groups in total. The van der Waals surface area contributed by atoms with Gasteiger partial charge in [-0.1, -0.05) is 0 Å². The minimum absolute atomic E-state index is 0.264. The van der Waals surface area contributed by atoms with Gasteiger partial charge < -0.3 is 9.84 Å². The van der Waals surface area contributed by atoms with Crippen molar-refractivity contribution in [2.75, 3.05) is 13.2 Å². The number of carbonyl (C=O) groups excluding carboxylic acids is 1. The highest BCUT2D eigenvalue weighted by atomic mass is 19.1. The van der Waals surface area contributed by atoms with Crippen molar-refractivity contribution >= 4 is 5.97 Å². The number of carbonyl (C=O) groups is 1. The molecule has 4 heteroatoms. The van der Waals surface area contributed by atoms with Gasteiger partial charge in [0, 0.05) is 12.5 Å². The van der Waals surface area contributed by atoms with Crippen LogP contribution in [0.3, 0.4) is 0 Å². The summed E-state index contributed by atoms with van der Waals surface area (Å²) in [6.07, 6.45) is -1.20. The Kier molecular flexibility index (Phi) is 2.44. The quantitative estimate of drug-likeness (QED) is 0.600. The Morgan fingerprint density at radius 1 is 1.73 bits per heavy atom. The zero-order valence-corrected chi connectivity index (χ0v) is 6.29. The van der Waals surface area contributed by atoms with Crippen LogP contribution in [0.4, 0.5) is 4.39 Å². The maximum absolute atomic E-state index is 12.6. The third-order valence-corrected chi connectivity index (χ3v) is 1.84. The summed E-state index contributed by atoms with van der Waals surface area (Å²) in [6, 6.07) is 0. The summed E-state index contributed by atoms with van der Waals surface area (Å²) < 4.78 is 17.1. The smallest absolute Gasteiger partial charge is 0.312 e. The highest BCUT2D eigenvalue weighted by molar-refractivity contribution is 5.77. The maximum atomic E-state index is 12.6. The van der Waals surface area contributed by atoms with Crippen molar-refractivity contribution in [3.63, 3.8) is 0 Å². The molecule has 0 saturated heterocycles. The predicted molar refractivity (Wildman–Crippen MR) is 35.6 cm³/mol. The highest BCUT2D eigenvalue weighted by Gasteiger charge is 2.56. The van der Waals surface area contributed by atoms with Crippen LogP contribution < -0.4 is 0 Å². The van der Waals surface area contributed by atoms with Crippen LogP contribution in [0.5, 0.6) is 0 Å². The Bertz CT molecular complexity index is 160. The molecule has 0 aromatic rings. The third-order valence-electron chi connectivity index (χ3n) is 1.84. The number of aliphatic hydroxyl groups excluding tert-OH is 1. The maximum Gasteiger partial charge on any atom is 0.312 e. The second-order valence-electron chi connectivity index (χ2n) is 2.57. The van der Waals surface area contributed by atoms with Gasteiger partial charge in [0.1, 0.15) is 6.17 Å². The standard InChI is InChI=1S/C7H11FO3/c1-2-11-7(10)5-4(3-9)6(5)8/h4-6,9H,2-3H2,1H3/t4-,5-,6-/m1/s1. The van der Waals surface area contributed by atoms with E-state index >= 15 is 0 Å². The van der Waals surface area contributed by atoms with Gasteiger partial charge in [-0.25, -0.2) is 4.39 Å². The molecular formula is C7H11FO3. The number of halogens is 1. The van der Waals surface area contributed by atoms with Crippen LogP contribution in [0, 0.1) is 11.8 Å². The summed E-state index contributed by atoms with van der Waals surface area (Å²) in [5, 5.41) is 8.52. The van der Waals surface area contributed by atoms with E-state index in [2.05, 4.69) is 4.74 Å². The number of esters is 1. The molecule has 3 nitrogen and oxygen atoms in total. The number of hydrogen-bond acceptors (Lipinski definition) is 3. The van der Waals surface area contributed by atoms with E-state index in [1.807, 2.05) is 0 Å². The molecule has 0 amide bonds. The van der Waals surface area contributed by atoms with E-state index in [-0.39, 0.29) is 13.2 Å². The predicted octanol–water partition coefficient (Wildman–Crippen LogP) is 0.126. The fourth-order valence-electron chi connectivity index (χ4n) is 1.09. The molecule has 0 bridgehead atoms. The Morgan fingerprint density at radius 2 is 2.36 bits per heavy atom. The van der Waals surface area contributed by atoms with E-state index in [1.54, 1.807) is 6.92 Å². The highest BCUT2D eigenvalue weighted by Crippen LogP contribution is 2.42. The van der Waals surface area contributed by atoms with Gasteiger partial charge in [0.2, 0.25) is 0 Å². The van der Waals surface area contributed by atoms with Gasteiger partial charge >= 0.3 is 5.97 Å². The number of aliphatic hydroxyl groups is 1. The van der Waals surface area contributed by atoms with Crippen molar-refractivity contribution in [3.05, 3.63) is 0 Å². The van der Waals surface area contributed by atoms with Crippen molar-refractivity contribution in [1.29, 1.82) is 0 Å². The fourth-order valence-corrected chi connectivity index (χ4v) is 1.09. The summed E-state index contributed by atoms with van der Waals surface area (Å²) in [5.74, 6) is -1.76. The Balaban J connectivity index is 2.34. The lowest BCUT2D eigenvalue weighted by atomic mass is 10.3. The van der Waals surface area contributed by atoms with Crippen molar-refractivity contribution in [2.45, 2.75) is 13.1 Å². The summed E-state index contributed by atoms with van der Waals surface area (Å²) >= 11 is 0. The molecule has 1 rings (SSSR count). The Hall–Kier alpha value is -0.640. The lowest BCUT2D eigenvalue weighted by Gasteiger charge is -1.97. The molecule has 1 aliphatic carbocycles. The van der Waals surface area contributed by atoms with Crippen LogP contribution in [-0.4, -0.2) is 30.5 Å². The first-order chi connectivity index (χ1) is 5.22. The second kappa shape index (κ2) is 3.17. The van der Waals surface area contributed by atoms with Gasteiger partial charge in [-0.2, -0.15) is 0 Å². The second-order valence-corrected chi connectivity index (χ2v) is 2.57. The average molecular weight is 162 g/mol. The normalized spacial score (nSPS) is 35.0. The molecule has 1 aliphatic rings. The van der Waals surface area contributed by atoms with E-state index in [4.69, 9.17) is 5.11 Å². The first-order valence-corrected chi connectivity index (χ1v) is 3.64. The molecule has 0 radical (unpaired) electrons. The Morgan fingerprint density at radius 3 is 2.73 bits per heavy atom. The minimum atomic E-state index is -1.20. The van der Waals surface area contributed by atoms with Crippen LogP contribution in [0.1, 0.15) is 6.92 Å². The fraction of sp³-hybridized carbons (Fsp3) is 0.857. The molecule has 0 heterocycles. The van der Waals surface area contributed by atoms with Gasteiger partial charge in [-0.3, -0.25) is 4.79 Å². The molecule has 0 aromatic carbocycles. The zero-order valence-electron chi connectivity index (χ0n) is 6.29. The van der Waals surface area contributed by atoms with E-state index in [9.17, 15) is 9.18 Å². The molecule has 1 saturated carbocycles. The number of rotatable bonds is 3. The van der Waals surface area contributed by atoms with Crippen molar-refractivity contribution in [2.24, 2.45) is 11.8 Å². The lowest BCUT2D eigenvalue weighted by Crippen LogP contribution is -2.09. The number of ether oxygens (including phenoxy) is 1.